The molecule has 17 heavy (non-hydrogen) atoms. The van der Waals surface area contributed by atoms with Crippen molar-refractivity contribution >= 4 is 5.69 Å². The molecule has 0 radical (unpaired) electrons. The van der Waals surface area contributed by atoms with Gasteiger partial charge in [-0.25, -0.2) is 0 Å². The summed E-state index contributed by atoms with van der Waals surface area (Å²) in [4.78, 5) is 0. The second-order valence-corrected chi connectivity index (χ2v) is 4.46. The fraction of sp³-hybridized carbons (Fsp3) is 0.571. The van der Waals surface area contributed by atoms with Gasteiger partial charge < -0.3 is 15.4 Å². The molecule has 1 aliphatic rings. The van der Waals surface area contributed by atoms with Crippen molar-refractivity contribution in [3.63, 3.8) is 0 Å². The Morgan fingerprint density at radius 2 is 2.18 bits per heavy atom. The molecule has 0 spiro atoms. The molecular weight excluding hydrogens is 212 g/mol. The van der Waals surface area contributed by atoms with E-state index in [0.717, 1.165) is 39.1 Å². The van der Waals surface area contributed by atoms with Gasteiger partial charge in [-0.1, -0.05) is 19.1 Å². The number of hydrogen-bond donors (Lipinski definition) is 2. The standard InChI is InChI=1S/C14H22N2O/c1-2-12-3-5-13(6-4-12)16-8-7-14-11-15-9-10-17-14/h3-6,14-16H,2,7-11H2,1H3. The first kappa shape index (κ1) is 12.4. The third kappa shape index (κ3) is 4.02. The largest absolute Gasteiger partial charge is 0.385 e. The van der Waals surface area contributed by atoms with Gasteiger partial charge in [0.2, 0.25) is 0 Å². The summed E-state index contributed by atoms with van der Waals surface area (Å²) in [5.41, 5.74) is 2.58. The number of anilines is 1. The zero-order valence-corrected chi connectivity index (χ0v) is 10.5. The molecule has 0 saturated carbocycles. The first-order valence-electron chi connectivity index (χ1n) is 6.53. The van der Waals surface area contributed by atoms with Crippen molar-refractivity contribution in [3.8, 4) is 0 Å². The van der Waals surface area contributed by atoms with Crippen LogP contribution in [-0.2, 0) is 11.2 Å². The molecular formula is C14H22N2O. The molecule has 94 valence electrons. The highest BCUT2D eigenvalue weighted by Gasteiger charge is 2.12. The van der Waals surface area contributed by atoms with E-state index in [1.165, 1.54) is 11.3 Å². The molecule has 1 saturated heterocycles. The molecule has 1 aliphatic heterocycles. The predicted octanol–water partition coefficient (Wildman–Crippen LogP) is 2.04. The van der Waals surface area contributed by atoms with Gasteiger partial charge in [-0.2, -0.15) is 0 Å². The molecule has 0 amide bonds. The van der Waals surface area contributed by atoms with Crippen LogP contribution in [0.2, 0.25) is 0 Å². The first-order chi connectivity index (χ1) is 8.38. The summed E-state index contributed by atoms with van der Waals surface area (Å²) >= 11 is 0. The lowest BCUT2D eigenvalue weighted by molar-refractivity contribution is 0.0258. The average Bonchev–Trinajstić information content (AvgIpc) is 2.41. The van der Waals surface area contributed by atoms with Crippen LogP contribution in [0.15, 0.2) is 24.3 Å². The molecule has 3 heteroatoms. The molecule has 2 rings (SSSR count). The van der Waals surface area contributed by atoms with Crippen LogP contribution < -0.4 is 10.6 Å². The van der Waals surface area contributed by atoms with Crippen LogP contribution in [0.4, 0.5) is 5.69 Å². The maximum Gasteiger partial charge on any atom is 0.0716 e. The number of morpholine rings is 1. The Balaban J connectivity index is 1.69. The molecule has 1 heterocycles. The van der Waals surface area contributed by atoms with Gasteiger partial charge in [0.05, 0.1) is 12.7 Å². The SMILES string of the molecule is CCc1ccc(NCCC2CNCCO2)cc1. The van der Waals surface area contributed by atoms with E-state index in [1.807, 2.05) is 0 Å². The summed E-state index contributed by atoms with van der Waals surface area (Å²) in [5.74, 6) is 0. The van der Waals surface area contributed by atoms with Gasteiger partial charge in [0, 0.05) is 25.3 Å². The van der Waals surface area contributed by atoms with E-state index in [2.05, 4.69) is 41.8 Å². The minimum atomic E-state index is 0.367. The zero-order valence-electron chi connectivity index (χ0n) is 10.5. The number of rotatable bonds is 5. The smallest absolute Gasteiger partial charge is 0.0716 e. The summed E-state index contributed by atoms with van der Waals surface area (Å²) in [6, 6.07) is 8.67. The highest BCUT2D eigenvalue weighted by atomic mass is 16.5. The van der Waals surface area contributed by atoms with Crippen molar-refractivity contribution in [1.29, 1.82) is 0 Å². The molecule has 1 atom stereocenters. The quantitative estimate of drug-likeness (QED) is 0.818. The fourth-order valence-corrected chi connectivity index (χ4v) is 2.04. The van der Waals surface area contributed by atoms with Gasteiger partial charge in [-0.15, -0.1) is 0 Å². The third-order valence-electron chi connectivity index (χ3n) is 3.16. The molecule has 1 aromatic carbocycles. The first-order valence-corrected chi connectivity index (χ1v) is 6.53. The van der Waals surface area contributed by atoms with Crippen molar-refractivity contribution in [3.05, 3.63) is 29.8 Å². The van der Waals surface area contributed by atoms with E-state index in [4.69, 9.17) is 4.74 Å². The van der Waals surface area contributed by atoms with Crippen LogP contribution in [0.25, 0.3) is 0 Å². The Kier molecular flexibility index (Phi) is 4.83. The lowest BCUT2D eigenvalue weighted by Crippen LogP contribution is -2.39. The summed E-state index contributed by atoms with van der Waals surface area (Å²) in [6.07, 6.45) is 2.52. The third-order valence-corrected chi connectivity index (χ3v) is 3.16. The predicted molar refractivity (Wildman–Crippen MR) is 71.5 cm³/mol. The van der Waals surface area contributed by atoms with Crippen LogP contribution in [0.5, 0.6) is 0 Å². The van der Waals surface area contributed by atoms with Crippen molar-refractivity contribution < 1.29 is 4.74 Å². The van der Waals surface area contributed by atoms with E-state index in [9.17, 15) is 0 Å². The molecule has 2 N–H and O–H groups in total. The number of nitrogens with one attached hydrogen (secondary N) is 2. The Bertz CT molecular complexity index is 317. The van der Waals surface area contributed by atoms with Crippen molar-refractivity contribution in [2.45, 2.75) is 25.9 Å². The Hall–Kier alpha value is -1.06. The van der Waals surface area contributed by atoms with Crippen LogP contribution in [0, 0.1) is 0 Å². The molecule has 0 bridgehead atoms. The number of aryl methyl sites for hydroxylation is 1. The zero-order chi connectivity index (χ0) is 11.9. The summed E-state index contributed by atoms with van der Waals surface area (Å²) in [5, 5.41) is 6.78. The Morgan fingerprint density at radius 1 is 1.35 bits per heavy atom. The molecule has 3 nitrogen and oxygen atoms in total. The Labute approximate surface area is 104 Å². The van der Waals surface area contributed by atoms with E-state index in [-0.39, 0.29) is 0 Å². The minimum absolute atomic E-state index is 0.367. The van der Waals surface area contributed by atoms with Crippen LogP contribution in [0.3, 0.4) is 0 Å². The van der Waals surface area contributed by atoms with Crippen molar-refractivity contribution in [2.75, 3.05) is 31.6 Å². The lowest BCUT2D eigenvalue weighted by Gasteiger charge is -2.23. The van der Waals surface area contributed by atoms with Crippen LogP contribution in [0.1, 0.15) is 18.9 Å². The maximum atomic E-state index is 5.65. The van der Waals surface area contributed by atoms with Crippen molar-refractivity contribution in [1.82, 2.24) is 5.32 Å². The minimum Gasteiger partial charge on any atom is -0.385 e. The summed E-state index contributed by atoms with van der Waals surface area (Å²) in [7, 11) is 0. The highest BCUT2D eigenvalue weighted by Crippen LogP contribution is 2.10. The number of benzene rings is 1. The van der Waals surface area contributed by atoms with E-state index < -0.39 is 0 Å². The van der Waals surface area contributed by atoms with E-state index >= 15 is 0 Å². The van der Waals surface area contributed by atoms with Gasteiger partial charge in [-0.3, -0.25) is 0 Å². The van der Waals surface area contributed by atoms with Gasteiger partial charge in [-0.05, 0) is 30.5 Å². The summed E-state index contributed by atoms with van der Waals surface area (Å²) in [6.45, 7) is 5.96. The number of hydrogen-bond acceptors (Lipinski definition) is 3. The molecule has 1 unspecified atom stereocenters. The van der Waals surface area contributed by atoms with Gasteiger partial charge in [0.25, 0.3) is 0 Å². The van der Waals surface area contributed by atoms with Gasteiger partial charge >= 0.3 is 0 Å². The monoisotopic (exact) mass is 234 g/mol. The van der Waals surface area contributed by atoms with Gasteiger partial charge in [0.15, 0.2) is 0 Å². The van der Waals surface area contributed by atoms with Crippen LogP contribution in [-0.4, -0.2) is 32.3 Å². The lowest BCUT2D eigenvalue weighted by atomic mass is 10.1. The molecule has 1 aromatic rings. The fourth-order valence-electron chi connectivity index (χ4n) is 2.04. The summed E-state index contributed by atoms with van der Waals surface area (Å²) < 4.78 is 5.65. The average molecular weight is 234 g/mol. The highest BCUT2D eigenvalue weighted by molar-refractivity contribution is 5.44. The van der Waals surface area contributed by atoms with Crippen molar-refractivity contribution in [2.24, 2.45) is 0 Å². The van der Waals surface area contributed by atoms with Gasteiger partial charge in [0.1, 0.15) is 0 Å². The van der Waals surface area contributed by atoms with E-state index in [1.54, 1.807) is 0 Å². The number of ether oxygens (including phenoxy) is 1. The second kappa shape index (κ2) is 6.62. The second-order valence-electron chi connectivity index (χ2n) is 4.46. The van der Waals surface area contributed by atoms with E-state index in [0.29, 0.717) is 6.10 Å². The molecule has 0 aliphatic carbocycles. The normalized spacial score (nSPS) is 20.2. The Morgan fingerprint density at radius 3 is 2.82 bits per heavy atom. The topological polar surface area (TPSA) is 33.3 Å². The maximum absolute atomic E-state index is 5.65. The molecule has 0 aromatic heterocycles. The van der Waals surface area contributed by atoms with Crippen LogP contribution >= 0.6 is 0 Å². The molecule has 1 fully saturated rings.